The predicted octanol–water partition coefficient (Wildman–Crippen LogP) is 0.310. The largest absolute Gasteiger partial charge is 0.382 e. The lowest BCUT2D eigenvalue weighted by Crippen LogP contribution is -2.45. The maximum Gasteiger partial charge on any atom is 0.274 e. The molecule has 1 aromatic heterocycles. The molecule has 1 amide bonds. The van der Waals surface area contributed by atoms with Crippen molar-refractivity contribution < 1.29 is 9.53 Å². The average molecular weight is 236 g/mol. The fourth-order valence-corrected chi connectivity index (χ4v) is 1.77. The first-order valence-electron chi connectivity index (χ1n) is 5.70. The second-order valence-electron chi connectivity index (χ2n) is 4.00. The molecule has 92 valence electrons. The Labute approximate surface area is 99.8 Å². The number of hydrogen-bond acceptors (Lipinski definition) is 5. The molecule has 0 radical (unpaired) electrons. The van der Waals surface area contributed by atoms with Crippen LogP contribution in [0, 0.1) is 0 Å². The number of amides is 1. The summed E-state index contributed by atoms with van der Waals surface area (Å²) in [5.41, 5.74) is 5.76. The van der Waals surface area contributed by atoms with Gasteiger partial charge in [-0.05, 0) is 18.6 Å². The maximum absolute atomic E-state index is 12.1. The van der Waals surface area contributed by atoms with Gasteiger partial charge in [0.15, 0.2) is 5.69 Å². The summed E-state index contributed by atoms with van der Waals surface area (Å²) in [6.45, 7) is 3.83. The third-order valence-electron chi connectivity index (χ3n) is 2.79. The molecule has 1 aliphatic rings. The van der Waals surface area contributed by atoms with E-state index >= 15 is 0 Å². The Morgan fingerprint density at radius 2 is 2.41 bits per heavy atom. The number of carbonyl (C=O) groups excluding carboxylic acids is 1. The summed E-state index contributed by atoms with van der Waals surface area (Å²) in [6, 6.07) is 3.18. The first kappa shape index (κ1) is 11.8. The van der Waals surface area contributed by atoms with Gasteiger partial charge < -0.3 is 15.4 Å². The Morgan fingerprint density at radius 3 is 3.06 bits per heavy atom. The Hall–Kier alpha value is -1.69. The van der Waals surface area contributed by atoms with Crippen molar-refractivity contribution >= 4 is 11.7 Å². The van der Waals surface area contributed by atoms with E-state index in [1.54, 1.807) is 17.0 Å². The number of nitrogens with zero attached hydrogens (tertiary/aromatic N) is 3. The van der Waals surface area contributed by atoms with Crippen LogP contribution in [0.15, 0.2) is 12.1 Å². The Bertz CT molecular complexity index is 393. The average Bonchev–Trinajstić information content (AvgIpc) is 2.39. The van der Waals surface area contributed by atoms with Crippen LogP contribution in [0.25, 0.3) is 0 Å². The van der Waals surface area contributed by atoms with Gasteiger partial charge in [-0.1, -0.05) is 6.92 Å². The molecule has 2 rings (SSSR count). The van der Waals surface area contributed by atoms with Crippen molar-refractivity contribution in [3.8, 4) is 0 Å². The Morgan fingerprint density at radius 1 is 1.59 bits per heavy atom. The van der Waals surface area contributed by atoms with Gasteiger partial charge >= 0.3 is 0 Å². The van der Waals surface area contributed by atoms with Crippen molar-refractivity contribution in [2.24, 2.45) is 0 Å². The molecule has 1 fully saturated rings. The van der Waals surface area contributed by atoms with Crippen LogP contribution < -0.4 is 5.73 Å². The van der Waals surface area contributed by atoms with Gasteiger partial charge in [0.05, 0.1) is 12.7 Å². The summed E-state index contributed by atoms with van der Waals surface area (Å²) in [5.74, 6) is 0.203. The number of rotatable bonds is 2. The summed E-state index contributed by atoms with van der Waals surface area (Å²) in [7, 11) is 0. The maximum atomic E-state index is 12.1. The number of nitrogens with two attached hydrogens (primary N) is 1. The number of ether oxygens (including phenoxy) is 1. The Kier molecular flexibility index (Phi) is 3.53. The fourth-order valence-electron chi connectivity index (χ4n) is 1.77. The van der Waals surface area contributed by atoms with Crippen LogP contribution in [0.1, 0.15) is 23.8 Å². The minimum absolute atomic E-state index is 0.112. The number of hydrogen-bond donors (Lipinski definition) is 1. The summed E-state index contributed by atoms with van der Waals surface area (Å²) in [4.78, 5) is 13.8. The minimum atomic E-state index is -0.112. The highest BCUT2D eigenvalue weighted by Gasteiger charge is 2.24. The smallest absolute Gasteiger partial charge is 0.274 e. The number of nitrogen functional groups attached to an aromatic ring is 1. The van der Waals surface area contributed by atoms with Gasteiger partial charge in [-0.15, -0.1) is 10.2 Å². The van der Waals surface area contributed by atoms with Gasteiger partial charge in [-0.25, -0.2) is 0 Å². The molecule has 0 spiro atoms. The van der Waals surface area contributed by atoms with E-state index in [0.29, 0.717) is 31.2 Å². The lowest BCUT2D eigenvalue weighted by atomic mass is 10.2. The van der Waals surface area contributed by atoms with Crippen LogP contribution in [0.3, 0.4) is 0 Å². The SMILES string of the molecule is CCC1CN(C(=O)c2ccc(N)nn2)CCO1. The van der Waals surface area contributed by atoms with Gasteiger partial charge in [0, 0.05) is 13.1 Å². The predicted molar refractivity (Wildman–Crippen MR) is 62.4 cm³/mol. The van der Waals surface area contributed by atoms with E-state index in [1.165, 1.54) is 0 Å². The van der Waals surface area contributed by atoms with E-state index in [0.717, 1.165) is 6.42 Å². The highest BCUT2D eigenvalue weighted by Crippen LogP contribution is 2.11. The minimum Gasteiger partial charge on any atom is -0.382 e. The second-order valence-corrected chi connectivity index (χ2v) is 4.00. The van der Waals surface area contributed by atoms with Gasteiger partial charge in [0.2, 0.25) is 0 Å². The standard InChI is InChI=1S/C11H16N4O2/c1-2-8-7-15(5-6-17-8)11(16)9-3-4-10(12)14-13-9/h3-4,8H,2,5-7H2,1H3,(H2,12,14). The molecular weight excluding hydrogens is 220 g/mol. The van der Waals surface area contributed by atoms with Crippen LogP contribution in [0.4, 0.5) is 5.82 Å². The second kappa shape index (κ2) is 5.09. The zero-order valence-electron chi connectivity index (χ0n) is 9.80. The van der Waals surface area contributed by atoms with Crippen molar-refractivity contribution in [1.82, 2.24) is 15.1 Å². The normalized spacial score (nSPS) is 20.3. The van der Waals surface area contributed by atoms with Crippen molar-refractivity contribution in [2.75, 3.05) is 25.4 Å². The van der Waals surface area contributed by atoms with Crippen LogP contribution in [0.5, 0.6) is 0 Å². The van der Waals surface area contributed by atoms with Crippen LogP contribution in [0.2, 0.25) is 0 Å². The lowest BCUT2D eigenvalue weighted by molar-refractivity contribution is -0.0228. The van der Waals surface area contributed by atoms with E-state index in [2.05, 4.69) is 10.2 Å². The van der Waals surface area contributed by atoms with Gasteiger partial charge in [0.25, 0.3) is 5.91 Å². The topological polar surface area (TPSA) is 81.3 Å². The quantitative estimate of drug-likeness (QED) is 0.799. The van der Waals surface area contributed by atoms with E-state index in [-0.39, 0.29) is 12.0 Å². The fraction of sp³-hybridized carbons (Fsp3) is 0.545. The molecular formula is C11H16N4O2. The molecule has 1 aliphatic heterocycles. The van der Waals surface area contributed by atoms with Crippen LogP contribution >= 0.6 is 0 Å². The van der Waals surface area contributed by atoms with Crippen molar-refractivity contribution in [1.29, 1.82) is 0 Å². The summed E-state index contributed by atoms with van der Waals surface area (Å²) >= 11 is 0. The summed E-state index contributed by atoms with van der Waals surface area (Å²) in [5, 5.41) is 7.48. The Balaban J connectivity index is 2.06. The number of carbonyl (C=O) groups is 1. The monoisotopic (exact) mass is 236 g/mol. The van der Waals surface area contributed by atoms with E-state index in [4.69, 9.17) is 10.5 Å². The highest BCUT2D eigenvalue weighted by molar-refractivity contribution is 5.92. The zero-order chi connectivity index (χ0) is 12.3. The molecule has 0 bridgehead atoms. The molecule has 6 nitrogen and oxygen atoms in total. The molecule has 1 aromatic rings. The molecule has 1 unspecified atom stereocenters. The molecule has 6 heteroatoms. The molecule has 2 heterocycles. The molecule has 0 saturated carbocycles. The van der Waals surface area contributed by atoms with Gasteiger partial charge in [-0.2, -0.15) is 0 Å². The molecule has 17 heavy (non-hydrogen) atoms. The first-order valence-corrected chi connectivity index (χ1v) is 5.70. The van der Waals surface area contributed by atoms with E-state index < -0.39 is 0 Å². The first-order chi connectivity index (χ1) is 8.20. The number of aromatic nitrogens is 2. The van der Waals surface area contributed by atoms with Crippen molar-refractivity contribution in [3.63, 3.8) is 0 Å². The van der Waals surface area contributed by atoms with Crippen molar-refractivity contribution in [3.05, 3.63) is 17.8 Å². The molecule has 2 N–H and O–H groups in total. The zero-order valence-corrected chi connectivity index (χ0v) is 9.80. The van der Waals surface area contributed by atoms with Gasteiger partial charge in [0.1, 0.15) is 5.82 Å². The molecule has 0 aliphatic carbocycles. The third kappa shape index (κ3) is 2.71. The number of anilines is 1. The van der Waals surface area contributed by atoms with E-state index in [9.17, 15) is 4.79 Å². The van der Waals surface area contributed by atoms with Crippen LogP contribution in [-0.2, 0) is 4.74 Å². The van der Waals surface area contributed by atoms with Crippen molar-refractivity contribution in [2.45, 2.75) is 19.4 Å². The van der Waals surface area contributed by atoms with Gasteiger partial charge in [-0.3, -0.25) is 4.79 Å². The highest BCUT2D eigenvalue weighted by atomic mass is 16.5. The van der Waals surface area contributed by atoms with E-state index in [1.807, 2.05) is 6.92 Å². The lowest BCUT2D eigenvalue weighted by Gasteiger charge is -2.32. The third-order valence-corrected chi connectivity index (χ3v) is 2.79. The summed E-state index contributed by atoms with van der Waals surface area (Å²) in [6.07, 6.45) is 1.02. The molecule has 1 atom stereocenters. The molecule has 0 aromatic carbocycles. The molecule has 1 saturated heterocycles. The number of morpholine rings is 1. The summed E-state index contributed by atoms with van der Waals surface area (Å²) < 4.78 is 5.51. The van der Waals surface area contributed by atoms with Crippen LogP contribution in [-0.4, -0.2) is 46.8 Å².